The molecule has 22 heavy (non-hydrogen) atoms. The van der Waals surface area contributed by atoms with E-state index in [9.17, 15) is 4.79 Å². The third kappa shape index (κ3) is 4.35. The van der Waals surface area contributed by atoms with E-state index in [2.05, 4.69) is 36.0 Å². The molecule has 0 saturated heterocycles. The number of nitrogens with zero attached hydrogens (tertiary/aromatic N) is 3. The highest BCUT2D eigenvalue weighted by Gasteiger charge is 2.27. The van der Waals surface area contributed by atoms with Crippen LogP contribution >= 0.6 is 36.6 Å². The normalized spacial score (nSPS) is 16.1. The van der Waals surface area contributed by atoms with Gasteiger partial charge in [-0.2, -0.15) is 10.3 Å². The third-order valence-corrected chi connectivity index (χ3v) is 3.96. The summed E-state index contributed by atoms with van der Waals surface area (Å²) >= 11 is 1.54. The molecular weight excluding hydrogens is 349 g/mol. The molecule has 0 spiro atoms. The molecule has 1 aliphatic heterocycles. The van der Waals surface area contributed by atoms with Crippen LogP contribution < -0.4 is 10.6 Å². The lowest BCUT2D eigenvalue weighted by molar-refractivity contribution is -0.123. The first-order valence-corrected chi connectivity index (χ1v) is 7.35. The number of thioether (sulfide) groups is 1. The summed E-state index contributed by atoms with van der Waals surface area (Å²) in [6.07, 6.45) is 4.17. The Morgan fingerprint density at radius 3 is 3.09 bits per heavy atom. The van der Waals surface area contributed by atoms with E-state index in [1.54, 1.807) is 24.3 Å². The standard InChI is InChI=1S/C11H15N7OS.2ClH/c19-11(13-3-4-20-8-5-16-18-17-8)10-9-7(1-2-12-10)14-6-15-9;;/h5-6,10,12H,1-4H2,(H,13,19)(H,14,15)(H,16,17,18);2*1H. The van der Waals surface area contributed by atoms with Crippen LogP contribution in [0.25, 0.3) is 0 Å². The van der Waals surface area contributed by atoms with E-state index in [1.165, 1.54) is 0 Å². The Balaban J connectivity index is 0.00000121. The van der Waals surface area contributed by atoms with Gasteiger partial charge in [0.2, 0.25) is 5.91 Å². The van der Waals surface area contributed by atoms with Crippen molar-refractivity contribution in [1.82, 2.24) is 36.0 Å². The molecule has 4 N–H and O–H groups in total. The minimum Gasteiger partial charge on any atom is -0.354 e. The van der Waals surface area contributed by atoms with Crippen molar-refractivity contribution in [2.24, 2.45) is 0 Å². The molecule has 1 aliphatic rings. The fourth-order valence-corrected chi connectivity index (χ4v) is 2.77. The maximum atomic E-state index is 12.1. The highest BCUT2D eigenvalue weighted by Crippen LogP contribution is 2.19. The summed E-state index contributed by atoms with van der Waals surface area (Å²) in [7, 11) is 0. The summed E-state index contributed by atoms with van der Waals surface area (Å²) in [5.41, 5.74) is 1.85. The van der Waals surface area contributed by atoms with Crippen LogP contribution in [0.1, 0.15) is 17.4 Å². The van der Waals surface area contributed by atoms with Crippen LogP contribution in [0.2, 0.25) is 0 Å². The molecule has 1 unspecified atom stereocenters. The van der Waals surface area contributed by atoms with Crippen molar-refractivity contribution < 1.29 is 4.79 Å². The molecule has 122 valence electrons. The number of carbonyl (C=O) groups is 1. The molecule has 0 radical (unpaired) electrons. The Morgan fingerprint density at radius 2 is 2.32 bits per heavy atom. The number of aromatic nitrogens is 5. The number of hydrogen-bond donors (Lipinski definition) is 4. The van der Waals surface area contributed by atoms with Crippen molar-refractivity contribution in [3.63, 3.8) is 0 Å². The highest BCUT2D eigenvalue weighted by molar-refractivity contribution is 7.99. The molecule has 3 heterocycles. The fraction of sp³-hybridized carbons (Fsp3) is 0.455. The number of carbonyl (C=O) groups excluding carboxylic acids is 1. The molecule has 0 bridgehead atoms. The monoisotopic (exact) mass is 365 g/mol. The number of aromatic amines is 2. The lowest BCUT2D eigenvalue weighted by Crippen LogP contribution is -2.42. The number of halogens is 2. The number of amides is 1. The third-order valence-electron chi connectivity index (χ3n) is 3.05. The van der Waals surface area contributed by atoms with Crippen LogP contribution in [0, 0.1) is 0 Å². The zero-order chi connectivity index (χ0) is 13.8. The number of fused-ring (bicyclic) bond motifs is 1. The average molecular weight is 366 g/mol. The van der Waals surface area contributed by atoms with E-state index < -0.39 is 0 Å². The number of hydrogen-bond acceptors (Lipinski definition) is 6. The average Bonchev–Trinajstić information content (AvgIpc) is 3.13. The smallest absolute Gasteiger partial charge is 0.243 e. The summed E-state index contributed by atoms with van der Waals surface area (Å²) in [5, 5.41) is 17.1. The molecule has 0 saturated carbocycles. The molecule has 1 amide bonds. The van der Waals surface area contributed by atoms with Crippen LogP contribution in [0.3, 0.4) is 0 Å². The number of nitrogens with one attached hydrogen (secondary N) is 4. The Bertz CT molecular complexity index is 577. The lowest BCUT2D eigenvalue weighted by Gasteiger charge is -2.22. The van der Waals surface area contributed by atoms with E-state index in [-0.39, 0.29) is 36.8 Å². The van der Waals surface area contributed by atoms with E-state index in [0.29, 0.717) is 6.54 Å². The van der Waals surface area contributed by atoms with Gasteiger partial charge >= 0.3 is 0 Å². The molecule has 0 aromatic carbocycles. The summed E-state index contributed by atoms with van der Waals surface area (Å²) in [4.78, 5) is 19.4. The Hall–Kier alpha value is -1.29. The minimum atomic E-state index is -0.359. The van der Waals surface area contributed by atoms with Crippen LogP contribution in [0.5, 0.6) is 0 Å². The predicted octanol–water partition coefficient (Wildman–Crippen LogP) is 0.467. The van der Waals surface area contributed by atoms with Gasteiger partial charge in [0.25, 0.3) is 0 Å². The topological polar surface area (TPSA) is 111 Å². The van der Waals surface area contributed by atoms with Gasteiger partial charge in [-0.1, -0.05) is 0 Å². The van der Waals surface area contributed by atoms with Gasteiger partial charge in [-0.15, -0.1) is 41.7 Å². The lowest BCUT2D eigenvalue weighted by atomic mass is 10.1. The molecule has 2 aromatic heterocycles. The van der Waals surface area contributed by atoms with E-state index >= 15 is 0 Å². The van der Waals surface area contributed by atoms with Gasteiger partial charge in [0, 0.05) is 31.0 Å². The second-order valence-corrected chi connectivity index (χ2v) is 5.47. The first kappa shape index (κ1) is 18.8. The first-order chi connectivity index (χ1) is 9.84. The van der Waals surface area contributed by atoms with E-state index in [1.807, 2.05) is 0 Å². The molecular formula is C11H17Cl2N7OS. The summed E-state index contributed by atoms with van der Waals surface area (Å²) in [6.45, 7) is 1.36. The van der Waals surface area contributed by atoms with Crippen molar-refractivity contribution >= 4 is 42.5 Å². The van der Waals surface area contributed by atoms with Gasteiger partial charge in [-0.25, -0.2) is 4.98 Å². The molecule has 2 aromatic rings. The summed E-state index contributed by atoms with van der Waals surface area (Å²) in [5.74, 6) is 0.706. The van der Waals surface area contributed by atoms with Crippen molar-refractivity contribution in [2.75, 3.05) is 18.8 Å². The van der Waals surface area contributed by atoms with Gasteiger partial charge in [0.05, 0.1) is 18.2 Å². The number of imidazole rings is 1. The maximum absolute atomic E-state index is 12.1. The Kier molecular flexibility index (Phi) is 7.66. The van der Waals surface area contributed by atoms with Gasteiger partial charge in [-0.3, -0.25) is 4.79 Å². The van der Waals surface area contributed by atoms with Gasteiger partial charge in [-0.05, 0) is 0 Å². The molecule has 0 fully saturated rings. The minimum absolute atomic E-state index is 0. The van der Waals surface area contributed by atoms with E-state index in [0.717, 1.165) is 35.1 Å². The van der Waals surface area contributed by atoms with Crippen LogP contribution in [0.4, 0.5) is 0 Å². The maximum Gasteiger partial charge on any atom is 0.243 e. The SMILES string of the molecule is Cl.Cl.O=C(NCCSc1cn[nH]n1)C1NCCc2[nH]cnc21. The predicted molar refractivity (Wildman–Crippen MR) is 87.6 cm³/mol. The van der Waals surface area contributed by atoms with Crippen molar-refractivity contribution in [3.8, 4) is 0 Å². The van der Waals surface area contributed by atoms with Crippen molar-refractivity contribution in [3.05, 3.63) is 23.9 Å². The first-order valence-electron chi connectivity index (χ1n) is 6.36. The quantitative estimate of drug-likeness (QED) is 0.452. The van der Waals surface area contributed by atoms with Gasteiger partial charge < -0.3 is 15.6 Å². The molecule has 1 atom stereocenters. The largest absolute Gasteiger partial charge is 0.354 e. The van der Waals surface area contributed by atoms with Gasteiger partial charge in [0.1, 0.15) is 11.1 Å². The van der Waals surface area contributed by atoms with Crippen molar-refractivity contribution in [1.29, 1.82) is 0 Å². The Labute approximate surface area is 143 Å². The Morgan fingerprint density at radius 1 is 1.45 bits per heavy atom. The van der Waals surface area contributed by atoms with Crippen LogP contribution in [-0.2, 0) is 11.2 Å². The fourth-order valence-electron chi connectivity index (χ4n) is 2.13. The van der Waals surface area contributed by atoms with Crippen molar-refractivity contribution in [2.45, 2.75) is 17.5 Å². The molecule has 3 rings (SSSR count). The number of rotatable bonds is 5. The molecule has 0 aliphatic carbocycles. The zero-order valence-corrected chi connectivity index (χ0v) is 14.0. The van der Waals surface area contributed by atoms with Crippen LogP contribution in [-0.4, -0.2) is 50.1 Å². The molecule has 8 nitrogen and oxygen atoms in total. The molecule has 11 heteroatoms. The second-order valence-electron chi connectivity index (χ2n) is 4.35. The second kappa shape index (κ2) is 8.99. The van der Waals surface area contributed by atoms with E-state index in [4.69, 9.17) is 0 Å². The van der Waals surface area contributed by atoms with Gasteiger partial charge in [0.15, 0.2) is 0 Å². The highest BCUT2D eigenvalue weighted by atomic mass is 35.5. The zero-order valence-electron chi connectivity index (χ0n) is 11.5. The summed E-state index contributed by atoms with van der Waals surface area (Å²) < 4.78 is 0. The number of H-pyrrole nitrogens is 2. The van der Waals surface area contributed by atoms with Crippen LogP contribution in [0.15, 0.2) is 17.6 Å². The summed E-state index contributed by atoms with van der Waals surface area (Å²) in [6, 6.07) is -0.359.